The fourth-order valence-electron chi connectivity index (χ4n) is 4.78. The maximum absolute atomic E-state index is 14.0. The van der Waals surface area contributed by atoms with Crippen LogP contribution in [-0.2, 0) is 25.9 Å². The van der Waals surface area contributed by atoms with Crippen LogP contribution in [0.5, 0.6) is 0 Å². The van der Waals surface area contributed by atoms with Crippen molar-refractivity contribution in [2.45, 2.75) is 49.8 Å². The molecule has 3 atom stereocenters. The largest absolute Gasteiger partial charge is 0.444 e. The number of amides is 1. The molecule has 1 saturated heterocycles. The second-order valence-electron chi connectivity index (χ2n) is 11.5. The molecule has 43 heavy (non-hydrogen) atoms. The van der Waals surface area contributed by atoms with Crippen LogP contribution in [0, 0.1) is 5.92 Å². The number of hydrogen-bond donors (Lipinski definition) is 3. The van der Waals surface area contributed by atoms with E-state index >= 15 is 0 Å². The third-order valence-corrected chi connectivity index (χ3v) is 9.82. The number of likely N-dealkylation sites (N-methyl/N-ethyl adjacent to an activating group) is 1. The van der Waals surface area contributed by atoms with Gasteiger partial charge < -0.3 is 30.1 Å². The van der Waals surface area contributed by atoms with E-state index in [9.17, 15) is 18.3 Å². The van der Waals surface area contributed by atoms with Crippen LogP contribution < -0.4 is 10.6 Å². The van der Waals surface area contributed by atoms with E-state index in [4.69, 9.17) is 9.47 Å². The SMILES string of the molecule is CC(C)CN(CC(O)C(Cc1ccccc1)NC(=O)OC1CCOC1)S(=O)(=O)c1ccc2nc(NCCN(C)C)sc2c1. The van der Waals surface area contributed by atoms with Gasteiger partial charge in [-0.25, -0.2) is 18.2 Å². The molecule has 3 aromatic rings. The van der Waals surface area contributed by atoms with E-state index < -0.39 is 28.3 Å². The van der Waals surface area contributed by atoms with Crippen molar-refractivity contribution < 1.29 is 27.8 Å². The van der Waals surface area contributed by atoms with Crippen LogP contribution in [0.2, 0.25) is 0 Å². The standard InChI is InChI=1S/C30H43N5O6S2/c1-21(2)18-35(43(38,39)24-10-11-25-28(17-24)42-29(32-25)31-13-14-34(3)4)19-27(36)26(16-22-8-6-5-7-9-22)33-30(37)41-23-12-15-40-20-23/h5-11,17,21,23,26-27,36H,12-16,18-20H2,1-4H3,(H,31,32)(H,33,37). The number of carbonyl (C=O) groups is 1. The number of aromatic nitrogens is 1. The number of hydrogen-bond acceptors (Lipinski definition) is 10. The number of rotatable bonds is 15. The van der Waals surface area contributed by atoms with Gasteiger partial charge in [-0.15, -0.1) is 0 Å². The zero-order valence-electron chi connectivity index (χ0n) is 25.2. The minimum atomic E-state index is -3.99. The van der Waals surface area contributed by atoms with E-state index in [1.807, 2.05) is 58.3 Å². The van der Waals surface area contributed by atoms with Crippen molar-refractivity contribution in [3.63, 3.8) is 0 Å². The lowest BCUT2D eigenvalue weighted by Gasteiger charge is -2.30. The summed E-state index contributed by atoms with van der Waals surface area (Å²) in [4.78, 5) is 19.5. The third kappa shape index (κ3) is 9.59. The molecule has 2 aromatic carbocycles. The van der Waals surface area contributed by atoms with E-state index in [1.54, 1.807) is 18.2 Å². The van der Waals surface area contributed by atoms with Gasteiger partial charge in [0.05, 0.1) is 40.5 Å². The average Bonchev–Trinajstić information content (AvgIpc) is 3.61. The van der Waals surface area contributed by atoms with Crippen molar-refractivity contribution in [2.24, 2.45) is 5.92 Å². The molecule has 3 unspecified atom stereocenters. The molecule has 1 aliphatic rings. The smallest absolute Gasteiger partial charge is 0.407 e. The highest BCUT2D eigenvalue weighted by molar-refractivity contribution is 7.89. The highest BCUT2D eigenvalue weighted by atomic mass is 32.2. The number of anilines is 1. The number of aliphatic hydroxyl groups excluding tert-OH is 1. The van der Waals surface area contributed by atoms with E-state index in [0.717, 1.165) is 28.5 Å². The number of nitrogens with zero attached hydrogens (tertiary/aromatic N) is 3. The van der Waals surface area contributed by atoms with Gasteiger partial charge in [0.2, 0.25) is 10.0 Å². The molecule has 0 saturated carbocycles. The van der Waals surface area contributed by atoms with Crippen molar-refractivity contribution in [3.8, 4) is 0 Å². The van der Waals surface area contributed by atoms with Gasteiger partial charge in [0, 0.05) is 32.6 Å². The van der Waals surface area contributed by atoms with Crippen molar-refractivity contribution >= 4 is 42.8 Å². The number of ether oxygens (including phenoxy) is 2. The van der Waals surface area contributed by atoms with E-state index in [1.165, 1.54) is 15.6 Å². The second kappa shape index (κ2) is 15.3. The summed E-state index contributed by atoms with van der Waals surface area (Å²) >= 11 is 1.40. The number of alkyl carbamates (subject to hydrolysis) is 1. The minimum Gasteiger partial charge on any atom is -0.444 e. The fourth-order valence-corrected chi connectivity index (χ4v) is 7.44. The normalized spacial score (nSPS) is 17.1. The van der Waals surface area contributed by atoms with Crippen LogP contribution in [0.3, 0.4) is 0 Å². The Morgan fingerprint density at radius 2 is 1.95 bits per heavy atom. The Morgan fingerprint density at radius 3 is 2.63 bits per heavy atom. The molecule has 0 bridgehead atoms. The Morgan fingerprint density at radius 1 is 1.19 bits per heavy atom. The topological polar surface area (TPSA) is 133 Å². The molecule has 1 fully saturated rings. The zero-order valence-corrected chi connectivity index (χ0v) is 26.9. The van der Waals surface area contributed by atoms with Crippen LogP contribution in [0.15, 0.2) is 53.4 Å². The molecule has 0 aliphatic carbocycles. The van der Waals surface area contributed by atoms with Gasteiger partial charge in [0.15, 0.2) is 5.13 Å². The summed E-state index contributed by atoms with van der Waals surface area (Å²) in [6.45, 7) is 6.26. The van der Waals surface area contributed by atoms with Gasteiger partial charge >= 0.3 is 6.09 Å². The van der Waals surface area contributed by atoms with Gasteiger partial charge in [-0.2, -0.15) is 4.31 Å². The highest BCUT2D eigenvalue weighted by Crippen LogP contribution is 2.29. The molecule has 13 heteroatoms. The number of fused-ring (bicyclic) bond motifs is 1. The second-order valence-corrected chi connectivity index (χ2v) is 14.5. The predicted molar refractivity (Wildman–Crippen MR) is 169 cm³/mol. The molecule has 1 aromatic heterocycles. The maximum atomic E-state index is 14.0. The van der Waals surface area contributed by atoms with E-state index in [-0.39, 0.29) is 30.0 Å². The molecule has 3 N–H and O–H groups in total. The number of benzene rings is 2. The summed E-state index contributed by atoms with van der Waals surface area (Å²) < 4.78 is 40.8. The van der Waals surface area contributed by atoms with Crippen molar-refractivity contribution in [1.82, 2.24) is 19.5 Å². The Labute approximate surface area is 258 Å². The Bertz CT molecular complexity index is 1430. The zero-order chi connectivity index (χ0) is 31.0. The number of carbonyl (C=O) groups excluding carboxylic acids is 1. The fraction of sp³-hybridized carbons (Fsp3) is 0.533. The molecule has 236 valence electrons. The summed E-state index contributed by atoms with van der Waals surface area (Å²) in [7, 11) is -0.00132. The molecule has 0 spiro atoms. The Kier molecular flexibility index (Phi) is 11.7. The van der Waals surface area contributed by atoms with Crippen LogP contribution in [-0.4, -0.2) is 106 Å². The quantitative estimate of drug-likeness (QED) is 0.230. The molecule has 2 heterocycles. The summed E-state index contributed by atoms with van der Waals surface area (Å²) in [5.41, 5.74) is 1.60. The monoisotopic (exact) mass is 633 g/mol. The summed E-state index contributed by atoms with van der Waals surface area (Å²) in [6.07, 6.45) is -1.32. The van der Waals surface area contributed by atoms with Crippen LogP contribution >= 0.6 is 11.3 Å². The molecule has 1 aliphatic heterocycles. The molecular formula is C30H43N5O6S2. The van der Waals surface area contributed by atoms with Gasteiger partial charge in [-0.1, -0.05) is 55.5 Å². The third-order valence-electron chi connectivity index (χ3n) is 7.02. The van der Waals surface area contributed by atoms with Crippen LogP contribution in [0.4, 0.5) is 9.93 Å². The number of thiazole rings is 1. The first kappa shape index (κ1) is 33.1. The lowest BCUT2D eigenvalue weighted by Crippen LogP contribution is -2.51. The van der Waals surface area contributed by atoms with Crippen molar-refractivity contribution in [2.75, 3.05) is 58.8 Å². The average molecular weight is 634 g/mol. The van der Waals surface area contributed by atoms with E-state index in [0.29, 0.717) is 31.6 Å². The number of sulfonamides is 1. The molecule has 1 amide bonds. The number of aliphatic hydroxyl groups is 1. The summed E-state index contributed by atoms with van der Waals surface area (Å²) in [5.74, 6) is -0.00512. The lowest BCUT2D eigenvalue weighted by molar-refractivity contribution is 0.0644. The predicted octanol–water partition coefficient (Wildman–Crippen LogP) is 3.40. The molecule has 4 rings (SSSR count). The Balaban J connectivity index is 1.53. The first-order chi connectivity index (χ1) is 20.5. The van der Waals surface area contributed by atoms with Gasteiger partial charge in [-0.3, -0.25) is 0 Å². The molecule has 11 nitrogen and oxygen atoms in total. The van der Waals surface area contributed by atoms with Gasteiger partial charge in [0.25, 0.3) is 0 Å². The van der Waals surface area contributed by atoms with E-state index in [2.05, 4.69) is 20.5 Å². The summed E-state index contributed by atoms with van der Waals surface area (Å²) in [5, 5.41) is 18.3. The maximum Gasteiger partial charge on any atom is 0.407 e. The Hall–Kier alpha value is -2.81. The number of nitrogens with one attached hydrogen (secondary N) is 2. The van der Waals surface area contributed by atoms with Crippen molar-refractivity contribution in [1.29, 1.82) is 0 Å². The van der Waals surface area contributed by atoms with Crippen LogP contribution in [0.25, 0.3) is 10.2 Å². The lowest BCUT2D eigenvalue weighted by atomic mass is 10.0. The molecular weight excluding hydrogens is 590 g/mol. The van der Waals surface area contributed by atoms with Gasteiger partial charge in [0.1, 0.15) is 6.10 Å². The molecule has 0 radical (unpaired) electrons. The highest BCUT2D eigenvalue weighted by Gasteiger charge is 2.32. The first-order valence-electron chi connectivity index (χ1n) is 14.6. The van der Waals surface area contributed by atoms with Crippen molar-refractivity contribution in [3.05, 3.63) is 54.1 Å². The van der Waals surface area contributed by atoms with Crippen LogP contribution in [0.1, 0.15) is 25.8 Å². The first-order valence-corrected chi connectivity index (χ1v) is 16.8. The van der Waals surface area contributed by atoms with Gasteiger partial charge in [-0.05, 0) is 50.2 Å². The summed E-state index contributed by atoms with van der Waals surface area (Å²) in [6, 6.07) is 13.5. The minimum absolute atomic E-state index is 0.00512.